The molecule has 0 N–H and O–H groups in total. The van der Waals surface area contributed by atoms with Crippen molar-refractivity contribution in [3.63, 3.8) is 0 Å². The highest BCUT2D eigenvalue weighted by Gasteiger charge is 2.25. The summed E-state index contributed by atoms with van der Waals surface area (Å²) in [7, 11) is 1.41. The van der Waals surface area contributed by atoms with Gasteiger partial charge < -0.3 is 4.74 Å². The molecule has 0 saturated heterocycles. The van der Waals surface area contributed by atoms with E-state index in [1.54, 1.807) is 0 Å². The smallest absolute Gasteiger partial charge is 0.190 e. The van der Waals surface area contributed by atoms with Crippen molar-refractivity contribution in [2.75, 3.05) is 7.11 Å². The zero-order valence-corrected chi connectivity index (χ0v) is 8.52. The Hall–Kier alpha value is -2.23. The highest BCUT2D eigenvalue weighted by Crippen LogP contribution is 2.28. The molecule has 4 heteroatoms. The van der Waals surface area contributed by atoms with E-state index in [9.17, 15) is 14.4 Å². The first-order chi connectivity index (χ1) is 7.69. The second-order valence-electron chi connectivity index (χ2n) is 3.29. The quantitative estimate of drug-likeness (QED) is 0.702. The number of methoxy groups -OCH3 is 1. The van der Waals surface area contributed by atoms with Gasteiger partial charge in [0.05, 0.1) is 12.7 Å². The van der Waals surface area contributed by atoms with Crippen LogP contribution in [0, 0.1) is 0 Å². The lowest BCUT2D eigenvalue weighted by Crippen LogP contribution is -2.15. The normalized spacial score (nSPS) is 13.6. The molecule has 80 valence electrons. The third-order valence-electron chi connectivity index (χ3n) is 2.43. The SMILES string of the molecule is COc1ccc(C=O)c2c1C(=O)C=CC2=O. The summed E-state index contributed by atoms with van der Waals surface area (Å²) in [6.45, 7) is 0. The lowest BCUT2D eigenvalue weighted by Gasteiger charge is -2.14. The molecule has 1 aliphatic rings. The summed E-state index contributed by atoms with van der Waals surface area (Å²) in [6.07, 6.45) is 2.90. The Balaban J connectivity index is 2.81. The van der Waals surface area contributed by atoms with E-state index in [2.05, 4.69) is 0 Å². The Morgan fingerprint density at radius 2 is 1.69 bits per heavy atom. The van der Waals surface area contributed by atoms with E-state index < -0.39 is 0 Å². The molecule has 0 amide bonds. The molecule has 1 aromatic rings. The average Bonchev–Trinajstić information content (AvgIpc) is 2.32. The molecule has 0 aromatic heterocycles. The molecule has 0 heterocycles. The Kier molecular flexibility index (Phi) is 2.40. The maximum Gasteiger partial charge on any atom is 0.190 e. The van der Waals surface area contributed by atoms with Gasteiger partial charge in [-0.3, -0.25) is 14.4 Å². The van der Waals surface area contributed by atoms with Gasteiger partial charge in [0.25, 0.3) is 0 Å². The van der Waals surface area contributed by atoms with Crippen LogP contribution in [-0.4, -0.2) is 25.0 Å². The van der Waals surface area contributed by atoms with E-state index in [1.807, 2.05) is 0 Å². The maximum atomic E-state index is 11.6. The number of ketones is 2. The fourth-order valence-electron chi connectivity index (χ4n) is 1.70. The van der Waals surface area contributed by atoms with Crippen LogP contribution in [0.5, 0.6) is 5.75 Å². The summed E-state index contributed by atoms with van der Waals surface area (Å²) >= 11 is 0. The van der Waals surface area contributed by atoms with Crippen molar-refractivity contribution in [2.24, 2.45) is 0 Å². The Morgan fingerprint density at radius 1 is 1.06 bits per heavy atom. The van der Waals surface area contributed by atoms with Crippen molar-refractivity contribution in [1.29, 1.82) is 0 Å². The largest absolute Gasteiger partial charge is 0.496 e. The maximum absolute atomic E-state index is 11.6. The van der Waals surface area contributed by atoms with Crippen molar-refractivity contribution in [1.82, 2.24) is 0 Å². The van der Waals surface area contributed by atoms with Gasteiger partial charge in [0.1, 0.15) is 5.75 Å². The number of carbonyl (C=O) groups is 3. The molecule has 0 aliphatic heterocycles. The molecule has 0 spiro atoms. The summed E-state index contributed by atoms with van der Waals surface area (Å²) in [6, 6.07) is 2.97. The van der Waals surface area contributed by atoms with E-state index in [0.717, 1.165) is 6.08 Å². The minimum absolute atomic E-state index is 0.127. The fraction of sp³-hybridized carbons (Fsp3) is 0.0833. The zero-order valence-electron chi connectivity index (χ0n) is 8.52. The molecule has 2 rings (SSSR count). The van der Waals surface area contributed by atoms with Crippen LogP contribution in [0.1, 0.15) is 31.1 Å². The van der Waals surface area contributed by atoms with Gasteiger partial charge in [-0.2, -0.15) is 0 Å². The minimum atomic E-state index is -0.351. The van der Waals surface area contributed by atoms with Gasteiger partial charge in [0.2, 0.25) is 0 Å². The second kappa shape index (κ2) is 3.73. The minimum Gasteiger partial charge on any atom is -0.496 e. The van der Waals surface area contributed by atoms with Crippen LogP contribution in [0.25, 0.3) is 0 Å². The summed E-state index contributed by atoms with van der Waals surface area (Å²) < 4.78 is 5.01. The lowest BCUT2D eigenvalue weighted by molar-refractivity contribution is 0.0988. The van der Waals surface area contributed by atoms with Crippen molar-refractivity contribution in [3.8, 4) is 5.75 Å². The number of fused-ring (bicyclic) bond motifs is 1. The monoisotopic (exact) mass is 216 g/mol. The lowest BCUT2D eigenvalue weighted by atomic mass is 9.90. The van der Waals surface area contributed by atoms with Gasteiger partial charge in [-0.05, 0) is 24.3 Å². The number of ether oxygens (including phenoxy) is 1. The molecular formula is C12H8O4. The molecule has 0 fully saturated rings. The molecule has 1 aromatic carbocycles. The predicted octanol–water partition coefficient (Wildman–Crippen LogP) is 1.44. The molecule has 0 saturated carbocycles. The number of rotatable bonds is 2. The number of carbonyl (C=O) groups excluding carboxylic acids is 3. The molecular weight excluding hydrogens is 208 g/mol. The van der Waals surface area contributed by atoms with Crippen LogP contribution in [0.2, 0.25) is 0 Å². The summed E-state index contributed by atoms with van der Waals surface area (Å²) in [5.41, 5.74) is 0.500. The van der Waals surface area contributed by atoms with E-state index in [-0.39, 0.29) is 28.3 Å². The zero-order chi connectivity index (χ0) is 11.7. The van der Waals surface area contributed by atoms with Crippen LogP contribution < -0.4 is 4.74 Å². The van der Waals surface area contributed by atoms with Gasteiger partial charge >= 0.3 is 0 Å². The highest BCUT2D eigenvalue weighted by atomic mass is 16.5. The molecule has 4 nitrogen and oxygen atoms in total. The van der Waals surface area contributed by atoms with Crippen molar-refractivity contribution in [2.45, 2.75) is 0 Å². The van der Waals surface area contributed by atoms with Crippen LogP contribution in [0.3, 0.4) is 0 Å². The first-order valence-electron chi connectivity index (χ1n) is 4.62. The molecule has 16 heavy (non-hydrogen) atoms. The van der Waals surface area contributed by atoms with Crippen molar-refractivity contribution >= 4 is 17.9 Å². The Morgan fingerprint density at radius 3 is 2.25 bits per heavy atom. The van der Waals surface area contributed by atoms with E-state index in [4.69, 9.17) is 4.74 Å². The third-order valence-corrected chi connectivity index (χ3v) is 2.43. The molecule has 0 atom stereocenters. The highest BCUT2D eigenvalue weighted by molar-refractivity contribution is 6.25. The number of benzene rings is 1. The number of aldehydes is 1. The summed E-state index contributed by atoms with van der Waals surface area (Å²) in [5, 5.41) is 0. The summed E-state index contributed by atoms with van der Waals surface area (Å²) in [5.74, 6) is -0.367. The Bertz CT molecular complexity index is 526. The van der Waals surface area contributed by atoms with Gasteiger partial charge in [0, 0.05) is 11.1 Å². The van der Waals surface area contributed by atoms with Crippen LogP contribution >= 0.6 is 0 Å². The van der Waals surface area contributed by atoms with Crippen LogP contribution in [0.4, 0.5) is 0 Å². The van der Waals surface area contributed by atoms with Gasteiger partial charge in [-0.15, -0.1) is 0 Å². The van der Waals surface area contributed by atoms with Gasteiger partial charge in [-0.1, -0.05) is 0 Å². The molecule has 0 unspecified atom stereocenters. The average molecular weight is 216 g/mol. The molecule has 0 bridgehead atoms. The molecule has 1 aliphatic carbocycles. The first kappa shape index (κ1) is 10.3. The second-order valence-corrected chi connectivity index (χ2v) is 3.29. The first-order valence-corrected chi connectivity index (χ1v) is 4.62. The van der Waals surface area contributed by atoms with E-state index in [1.165, 1.54) is 25.3 Å². The van der Waals surface area contributed by atoms with Crippen molar-refractivity contribution in [3.05, 3.63) is 41.0 Å². The Labute approximate surface area is 91.5 Å². The van der Waals surface area contributed by atoms with Gasteiger partial charge in [-0.25, -0.2) is 0 Å². The van der Waals surface area contributed by atoms with E-state index >= 15 is 0 Å². The van der Waals surface area contributed by atoms with Crippen LogP contribution in [-0.2, 0) is 0 Å². The predicted molar refractivity (Wildman–Crippen MR) is 56.2 cm³/mol. The topological polar surface area (TPSA) is 60.4 Å². The van der Waals surface area contributed by atoms with Gasteiger partial charge in [0.15, 0.2) is 17.9 Å². The number of hydrogen-bond acceptors (Lipinski definition) is 4. The summed E-state index contributed by atoms with van der Waals surface area (Å²) in [4.78, 5) is 34.1. The number of allylic oxidation sites excluding steroid dienone is 2. The molecule has 0 radical (unpaired) electrons. The van der Waals surface area contributed by atoms with E-state index in [0.29, 0.717) is 12.0 Å². The third kappa shape index (κ3) is 1.35. The fourth-order valence-corrected chi connectivity index (χ4v) is 1.70. The number of hydrogen-bond donors (Lipinski definition) is 0. The standard InChI is InChI=1S/C12H8O4/c1-16-10-5-2-7(6-13)11-8(14)3-4-9(15)12(10)11/h2-6H,1H3. The van der Waals surface area contributed by atoms with Crippen LogP contribution in [0.15, 0.2) is 24.3 Å². The van der Waals surface area contributed by atoms with Crippen molar-refractivity contribution < 1.29 is 19.1 Å².